The summed E-state index contributed by atoms with van der Waals surface area (Å²) < 4.78 is 1.07. The summed E-state index contributed by atoms with van der Waals surface area (Å²) in [5.41, 5.74) is 6.69. The van der Waals surface area contributed by atoms with Crippen molar-refractivity contribution in [1.82, 2.24) is 0 Å². The smallest absolute Gasteiger partial charge is 0.0779 e. The first-order valence-electron chi connectivity index (χ1n) is 5.40. The average Bonchev–Trinajstić information content (AvgIpc) is 2.77. The van der Waals surface area contributed by atoms with Crippen LogP contribution in [0.3, 0.4) is 0 Å². The average molecular weight is 312 g/mol. The first-order valence-corrected chi connectivity index (χ1v) is 7.01. The highest BCUT2D eigenvalue weighted by Gasteiger charge is 2.23. The van der Waals surface area contributed by atoms with E-state index in [1.165, 1.54) is 0 Å². The number of rotatable bonds is 4. The molecule has 3 N–H and O–H groups in total. The number of hydrogen-bond acceptors (Lipinski definition) is 3. The Morgan fingerprint density at radius 1 is 1.18 bits per heavy atom. The van der Waals surface area contributed by atoms with Crippen molar-refractivity contribution in [2.75, 3.05) is 6.54 Å². The third kappa shape index (κ3) is 2.96. The van der Waals surface area contributed by atoms with Crippen molar-refractivity contribution in [2.45, 2.75) is 12.0 Å². The summed E-state index contributed by atoms with van der Waals surface area (Å²) in [7, 11) is 0. The molecule has 0 radical (unpaired) electrons. The second-order valence-electron chi connectivity index (χ2n) is 3.83. The third-order valence-corrected chi connectivity index (χ3v) is 4.39. The van der Waals surface area contributed by atoms with Crippen molar-refractivity contribution in [1.29, 1.82) is 0 Å². The Morgan fingerprint density at radius 3 is 2.41 bits per heavy atom. The van der Waals surface area contributed by atoms with E-state index in [2.05, 4.69) is 15.9 Å². The highest BCUT2D eigenvalue weighted by molar-refractivity contribution is 9.11. The van der Waals surface area contributed by atoms with Crippen LogP contribution in [0.25, 0.3) is 0 Å². The van der Waals surface area contributed by atoms with Gasteiger partial charge in [-0.3, -0.25) is 0 Å². The van der Waals surface area contributed by atoms with Gasteiger partial charge in [0.25, 0.3) is 0 Å². The molecule has 0 saturated heterocycles. The maximum Gasteiger partial charge on any atom is 0.0779 e. The SMILES string of the molecule is NCC(O)C(c1ccccc1)c1ccc(Br)s1. The van der Waals surface area contributed by atoms with E-state index in [4.69, 9.17) is 5.73 Å². The lowest BCUT2D eigenvalue weighted by molar-refractivity contribution is 0.166. The summed E-state index contributed by atoms with van der Waals surface area (Å²) in [4.78, 5) is 1.13. The molecule has 0 aliphatic heterocycles. The molecular weight excluding hydrogens is 298 g/mol. The van der Waals surface area contributed by atoms with Crippen LogP contribution < -0.4 is 5.73 Å². The van der Waals surface area contributed by atoms with E-state index >= 15 is 0 Å². The molecule has 2 atom stereocenters. The fourth-order valence-corrected chi connectivity index (χ4v) is 3.48. The number of aliphatic hydroxyl groups is 1. The van der Waals surface area contributed by atoms with Crippen LogP contribution in [0.1, 0.15) is 16.4 Å². The zero-order valence-corrected chi connectivity index (χ0v) is 11.6. The van der Waals surface area contributed by atoms with Crippen LogP contribution in [-0.4, -0.2) is 17.8 Å². The maximum atomic E-state index is 10.1. The van der Waals surface area contributed by atoms with Gasteiger partial charge in [-0.05, 0) is 33.6 Å². The molecule has 4 heteroatoms. The number of halogens is 1. The number of hydrogen-bond donors (Lipinski definition) is 2. The predicted molar refractivity (Wildman–Crippen MR) is 75.4 cm³/mol. The van der Waals surface area contributed by atoms with Crippen molar-refractivity contribution in [3.8, 4) is 0 Å². The van der Waals surface area contributed by atoms with Gasteiger partial charge in [0.2, 0.25) is 0 Å². The minimum Gasteiger partial charge on any atom is -0.391 e. The van der Waals surface area contributed by atoms with Gasteiger partial charge in [-0.1, -0.05) is 30.3 Å². The molecule has 0 saturated carbocycles. The molecule has 90 valence electrons. The van der Waals surface area contributed by atoms with Gasteiger partial charge in [-0.25, -0.2) is 0 Å². The third-order valence-electron chi connectivity index (χ3n) is 2.69. The van der Waals surface area contributed by atoms with Crippen molar-refractivity contribution in [3.63, 3.8) is 0 Å². The first kappa shape index (κ1) is 12.8. The fourth-order valence-electron chi connectivity index (χ4n) is 1.87. The summed E-state index contributed by atoms with van der Waals surface area (Å²) in [6, 6.07) is 14.0. The fraction of sp³-hybridized carbons (Fsp3) is 0.231. The minimum absolute atomic E-state index is 0.0440. The van der Waals surface area contributed by atoms with Crippen LogP contribution >= 0.6 is 27.3 Å². The van der Waals surface area contributed by atoms with E-state index in [1.807, 2.05) is 42.5 Å². The summed E-state index contributed by atoms with van der Waals surface area (Å²) in [6.45, 7) is 0.259. The zero-order valence-electron chi connectivity index (χ0n) is 9.21. The van der Waals surface area contributed by atoms with Gasteiger partial charge in [-0.2, -0.15) is 0 Å². The molecule has 0 fully saturated rings. The van der Waals surface area contributed by atoms with E-state index in [0.29, 0.717) is 0 Å². The van der Waals surface area contributed by atoms with Crippen molar-refractivity contribution < 1.29 is 5.11 Å². The largest absolute Gasteiger partial charge is 0.391 e. The lowest BCUT2D eigenvalue weighted by Crippen LogP contribution is -2.27. The summed E-state index contributed by atoms with van der Waals surface area (Å²) in [5.74, 6) is -0.0440. The quantitative estimate of drug-likeness (QED) is 0.912. The number of nitrogens with two attached hydrogens (primary N) is 1. The summed E-state index contributed by atoms with van der Waals surface area (Å²) in [5, 5.41) is 10.1. The van der Waals surface area contributed by atoms with E-state index < -0.39 is 6.10 Å². The minimum atomic E-state index is -0.553. The predicted octanol–water partition coefficient (Wildman–Crippen LogP) is 2.96. The van der Waals surface area contributed by atoms with Crippen LogP contribution in [0, 0.1) is 0 Å². The van der Waals surface area contributed by atoms with Gasteiger partial charge in [0.15, 0.2) is 0 Å². The van der Waals surface area contributed by atoms with Gasteiger partial charge in [0.1, 0.15) is 0 Å². The van der Waals surface area contributed by atoms with Gasteiger partial charge in [-0.15, -0.1) is 11.3 Å². The van der Waals surface area contributed by atoms with Crippen LogP contribution in [0.5, 0.6) is 0 Å². The number of benzene rings is 1. The number of aliphatic hydroxyl groups excluding tert-OH is 1. The Bertz CT molecular complexity index is 471. The molecule has 0 aliphatic carbocycles. The Morgan fingerprint density at radius 2 is 1.88 bits per heavy atom. The Labute approximate surface area is 113 Å². The molecule has 0 amide bonds. The highest BCUT2D eigenvalue weighted by atomic mass is 79.9. The van der Waals surface area contributed by atoms with Crippen molar-refractivity contribution >= 4 is 27.3 Å². The molecule has 1 heterocycles. The van der Waals surface area contributed by atoms with E-state index in [9.17, 15) is 5.11 Å². The normalized spacial score (nSPS) is 14.5. The lowest BCUT2D eigenvalue weighted by Gasteiger charge is -2.21. The number of thiophene rings is 1. The standard InChI is InChI=1S/C13H14BrNOS/c14-12-7-6-11(17-12)13(10(16)8-15)9-4-2-1-3-5-9/h1-7,10,13,16H,8,15H2. The summed E-state index contributed by atoms with van der Waals surface area (Å²) >= 11 is 5.09. The molecule has 1 aromatic heterocycles. The molecule has 1 aromatic carbocycles. The molecule has 0 aliphatic rings. The van der Waals surface area contributed by atoms with Crippen LogP contribution in [0.15, 0.2) is 46.3 Å². The van der Waals surface area contributed by atoms with Crippen LogP contribution in [0.4, 0.5) is 0 Å². The molecule has 17 heavy (non-hydrogen) atoms. The maximum absolute atomic E-state index is 10.1. The summed E-state index contributed by atoms with van der Waals surface area (Å²) in [6.07, 6.45) is -0.553. The molecule has 2 unspecified atom stereocenters. The van der Waals surface area contributed by atoms with Gasteiger partial charge in [0.05, 0.1) is 9.89 Å². The second-order valence-corrected chi connectivity index (χ2v) is 6.33. The Hall–Kier alpha value is -0.680. The van der Waals surface area contributed by atoms with Gasteiger partial charge < -0.3 is 10.8 Å². The molecule has 2 aromatic rings. The Kier molecular flexibility index (Phi) is 4.34. The van der Waals surface area contributed by atoms with Crippen molar-refractivity contribution in [3.05, 3.63) is 56.7 Å². The highest BCUT2D eigenvalue weighted by Crippen LogP contribution is 2.34. The monoisotopic (exact) mass is 311 g/mol. The molecule has 0 spiro atoms. The van der Waals surface area contributed by atoms with Crippen LogP contribution in [-0.2, 0) is 0 Å². The lowest BCUT2D eigenvalue weighted by atomic mass is 9.92. The van der Waals surface area contributed by atoms with Gasteiger partial charge >= 0.3 is 0 Å². The van der Waals surface area contributed by atoms with E-state index in [0.717, 1.165) is 14.2 Å². The molecule has 2 rings (SSSR count). The topological polar surface area (TPSA) is 46.2 Å². The molecular formula is C13H14BrNOS. The van der Waals surface area contributed by atoms with Gasteiger partial charge in [0, 0.05) is 17.3 Å². The van der Waals surface area contributed by atoms with E-state index in [-0.39, 0.29) is 12.5 Å². The Balaban J connectivity index is 2.39. The second kappa shape index (κ2) is 5.78. The zero-order chi connectivity index (χ0) is 12.3. The first-order chi connectivity index (χ1) is 8.22. The molecule has 2 nitrogen and oxygen atoms in total. The van der Waals surface area contributed by atoms with Crippen LogP contribution in [0.2, 0.25) is 0 Å². The van der Waals surface area contributed by atoms with Crippen molar-refractivity contribution in [2.24, 2.45) is 5.73 Å². The molecule has 0 bridgehead atoms. The van der Waals surface area contributed by atoms with E-state index in [1.54, 1.807) is 11.3 Å².